The molecular weight excluding hydrogens is 243 g/mol. The molecule has 0 radical (unpaired) electrons. The second-order valence-electron chi connectivity index (χ2n) is 4.39. The van der Waals surface area contributed by atoms with Crippen LogP contribution in [0.15, 0.2) is 48.5 Å². The van der Waals surface area contributed by atoms with E-state index in [4.69, 9.17) is 11.5 Å². The van der Waals surface area contributed by atoms with Gasteiger partial charge >= 0.3 is 0 Å². The minimum Gasteiger partial charge on any atom is -0.368 e. The predicted molar refractivity (Wildman–Crippen MR) is 72.7 cm³/mol. The average Bonchev–Trinajstić information content (AvgIpc) is 2.40. The smallest absolute Gasteiger partial charge is 0.234 e. The highest BCUT2D eigenvalue weighted by atomic mass is 19.1. The molecule has 0 aromatic heterocycles. The zero-order valence-corrected chi connectivity index (χ0v) is 10.3. The molecule has 1 unspecified atom stereocenters. The Kier molecular flexibility index (Phi) is 3.92. The van der Waals surface area contributed by atoms with Crippen molar-refractivity contribution in [2.75, 3.05) is 0 Å². The molecule has 19 heavy (non-hydrogen) atoms. The van der Waals surface area contributed by atoms with E-state index >= 15 is 0 Å². The molecule has 1 amide bonds. The summed E-state index contributed by atoms with van der Waals surface area (Å²) in [6, 6.07) is 13.2. The number of amides is 1. The van der Waals surface area contributed by atoms with Crippen molar-refractivity contribution in [1.82, 2.24) is 0 Å². The van der Waals surface area contributed by atoms with Crippen molar-refractivity contribution >= 4 is 5.91 Å². The number of hydrogen-bond donors (Lipinski definition) is 2. The molecule has 0 bridgehead atoms. The first kappa shape index (κ1) is 13.2. The Morgan fingerprint density at radius 3 is 2.32 bits per heavy atom. The van der Waals surface area contributed by atoms with Crippen LogP contribution in [0.1, 0.15) is 5.56 Å². The van der Waals surface area contributed by atoms with E-state index in [0.717, 1.165) is 11.1 Å². The molecule has 0 saturated heterocycles. The summed E-state index contributed by atoms with van der Waals surface area (Å²) in [6.07, 6.45) is 0.382. The lowest BCUT2D eigenvalue weighted by atomic mass is 10.0. The van der Waals surface area contributed by atoms with E-state index in [1.165, 1.54) is 6.07 Å². The SMILES string of the molecule is NC(=O)C(N)Cc1ccc(-c2ccccc2F)cc1. The second kappa shape index (κ2) is 5.63. The number of benzene rings is 2. The minimum atomic E-state index is -0.695. The van der Waals surface area contributed by atoms with Gasteiger partial charge in [0.1, 0.15) is 5.82 Å². The third-order valence-corrected chi connectivity index (χ3v) is 2.96. The number of halogens is 1. The number of hydrogen-bond acceptors (Lipinski definition) is 2. The van der Waals surface area contributed by atoms with Crippen molar-refractivity contribution in [2.45, 2.75) is 12.5 Å². The highest BCUT2D eigenvalue weighted by Crippen LogP contribution is 2.22. The zero-order chi connectivity index (χ0) is 13.8. The van der Waals surface area contributed by atoms with Crippen LogP contribution in [-0.2, 0) is 11.2 Å². The van der Waals surface area contributed by atoms with Gasteiger partial charge in [-0.05, 0) is 23.6 Å². The van der Waals surface area contributed by atoms with Gasteiger partial charge in [-0.1, -0.05) is 42.5 Å². The fraction of sp³-hybridized carbons (Fsp3) is 0.133. The molecule has 4 N–H and O–H groups in total. The van der Waals surface area contributed by atoms with E-state index in [2.05, 4.69) is 0 Å². The number of carbonyl (C=O) groups excluding carboxylic acids is 1. The summed E-state index contributed by atoms with van der Waals surface area (Å²) in [6.45, 7) is 0. The summed E-state index contributed by atoms with van der Waals surface area (Å²) in [5.74, 6) is -0.790. The van der Waals surface area contributed by atoms with Gasteiger partial charge in [-0.2, -0.15) is 0 Å². The van der Waals surface area contributed by atoms with Crippen LogP contribution in [-0.4, -0.2) is 11.9 Å². The average molecular weight is 258 g/mol. The molecule has 3 nitrogen and oxygen atoms in total. The molecule has 1 atom stereocenters. The molecule has 0 fully saturated rings. The van der Waals surface area contributed by atoms with Gasteiger partial charge in [0.2, 0.25) is 5.91 Å². The normalized spacial score (nSPS) is 12.1. The van der Waals surface area contributed by atoms with Crippen LogP contribution >= 0.6 is 0 Å². The first-order chi connectivity index (χ1) is 9.08. The van der Waals surface area contributed by atoms with E-state index in [1.54, 1.807) is 18.2 Å². The fourth-order valence-electron chi connectivity index (χ4n) is 1.87. The number of rotatable bonds is 4. The van der Waals surface area contributed by atoms with E-state index in [1.807, 2.05) is 24.3 Å². The predicted octanol–water partition coefficient (Wildman–Crippen LogP) is 1.85. The molecule has 0 heterocycles. The summed E-state index contributed by atoms with van der Waals surface area (Å²) in [4.78, 5) is 10.9. The summed E-state index contributed by atoms with van der Waals surface area (Å²) in [5.41, 5.74) is 12.9. The standard InChI is InChI=1S/C15H15FN2O/c16-13-4-2-1-3-12(13)11-7-5-10(6-8-11)9-14(17)15(18)19/h1-8,14H,9,17H2,(H2,18,19). The molecule has 2 aromatic rings. The van der Waals surface area contributed by atoms with Gasteiger partial charge in [0.05, 0.1) is 6.04 Å². The second-order valence-corrected chi connectivity index (χ2v) is 4.39. The van der Waals surface area contributed by atoms with E-state index < -0.39 is 11.9 Å². The molecular formula is C15H15FN2O. The van der Waals surface area contributed by atoms with Gasteiger partial charge in [0.25, 0.3) is 0 Å². The van der Waals surface area contributed by atoms with Crippen molar-refractivity contribution in [3.8, 4) is 11.1 Å². The monoisotopic (exact) mass is 258 g/mol. The number of nitrogens with two attached hydrogens (primary N) is 2. The third-order valence-electron chi connectivity index (χ3n) is 2.96. The van der Waals surface area contributed by atoms with Gasteiger partial charge in [0.15, 0.2) is 0 Å². The maximum atomic E-state index is 13.6. The van der Waals surface area contributed by atoms with Crippen LogP contribution in [0.25, 0.3) is 11.1 Å². The first-order valence-electron chi connectivity index (χ1n) is 5.96. The molecule has 0 aliphatic carbocycles. The Morgan fingerprint density at radius 2 is 1.74 bits per heavy atom. The number of primary amides is 1. The molecule has 0 aliphatic rings. The van der Waals surface area contributed by atoms with Crippen LogP contribution in [0, 0.1) is 5.82 Å². The molecule has 2 aromatic carbocycles. The van der Waals surface area contributed by atoms with E-state index in [-0.39, 0.29) is 5.82 Å². The summed E-state index contributed by atoms with van der Waals surface area (Å²) in [5, 5.41) is 0. The largest absolute Gasteiger partial charge is 0.368 e. The Hall–Kier alpha value is -2.20. The van der Waals surface area contributed by atoms with Gasteiger partial charge in [0, 0.05) is 5.56 Å². The Labute approximate surface area is 111 Å². The quantitative estimate of drug-likeness (QED) is 0.878. The molecule has 0 saturated carbocycles. The van der Waals surface area contributed by atoms with Crippen molar-refractivity contribution in [3.05, 3.63) is 59.9 Å². The van der Waals surface area contributed by atoms with Crippen LogP contribution in [0.5, 0.6) is 0 Å². The highest BCUT2D eigenvalue weighted by Gasteiger charge is 2.10. The maximum Gasteiger partial charge on any atom is 0.234 e. The lowest BCUT2D eigenvalue weighted by Gasteiger charge is -2.08. The lowest BCUT2D eigenvalue weighted by molar-refractivity contribution is -0.119. The van der Waals surface area contributed by atoms with Crippen LogP contribution in [0.4, 0.5) is 4.39 Å². The van der Waals surface area contributed by atoms with Crippen LogP contribution in [0.2, 0.25) is 0 Å². The number of carbonyl (C=O) groups is 1. The molecule has 2 rings (SSSR count). The molecule has 0 spiro atoms. The van der Waals surface area contributed by atoms with E-state index in [0.29, 0.717) is 12.0 Å². The summed E-state index contributed by atoms with van der Waals surface area (Å²) >= 11 is 0. The van der Waals surface area contributed by atoms with Crippen molar-refractivity contribution in [3.63, 3.8) is 0 Å². The Balaban J connectivity index is 2.19. The summed E-state index contributed by atoms with van der Waals surface area (Å²) < 4.78 is 13.6. The van der Waals surface area contributed by atoms with Crippen LogP contribution in [0.3, 0.4) is 0 Å². The van der Waals surface area contributed by atoms with Crippen molar-refractivity contribution in [2.24, 2.45) is 11.5 Å². The van der Waals surface area contributed by atoms with E-state index in [9.17, 15) is 9.18 Å². The Morgan fingerprint density at radius 1 is 1.11 bits per heavy atom. The van der Waals surface area contributed by atoms with Gasteiger partial charge < -0.3 is 11.5 Å². The van der Waals surface area contributed by atoms with Crippen LogP contribution < -0.4 is 11.5 Å². The highest BCUT2D eigenvalue weighted by molar-refractivity contribution is 5.79. The molecule has 4 heteroatoms. The minimum absolute atomic E-state index is 0.260. The third kappa shape index (κ3) is 3.17. The molecule has 98 valence electrons. The van der Waals surface area contributed by atoms with Crippen molar-refractivity contribution in [1.29, 1.82) is 0 Å². The van der Waals surface area contributed by atoms with Gasteiger partial charge in [-0.15, -0.1) is 0 Å². The van der Waals surface area contributed by atoms with Gasteiger partial charge in [-0.3, -0.25) is 4.79 Å². The van der Waals surface area contributed by atoms with Gasteiger partial charge in [-0.25, -0.2) is 4.39 Å². The first-order valence-corrected chi connectivity index (χ1v) is 5.96. The Bertz CT molecular complexity index is 581. The maximum absolute atomic E-state index is 13.6. The summed E-state index contributed by atoms with van der Waals surface area (Å²) in [7, 11) is 0. The topological polar surface area (TPSA) is 69.1 Å². The molecule has 0 aliphatic heterocycles. The van der Waals surface area contributed by atoms with Crippen molar-refractivity contribution < 1.29 is 9.18 Å². The lowest BCUT2D eigenvalue weighted by Crippen LogP contribution is -2.38. The zero-order valence-electron chi connectivity index (χ0n) is 10.3. The fourth-order valence-corrected chi connectivity index (χ4v) is 1.87.